The van der Waals surface area contributed by atoms with Crippen LogP contribution in [0.5, 0.6) is 0 Å². The number of amides is 4. The first kappa shape index (κ1) is 31.7. The molecular formula is C26H36N8O6. The van der Waals surface area contributed by atoms with Gasteiger partial charge in [-0.3, -0.25) is 20.2 Å². The van der Waals surface area contributed by atoms with E-state index in [2.05, 4.69) is 31.5 Å². The molecule has 0 saturated heterocycles. The van der Waals surface area contributed by atoms with E-state index < -0.39 is 23.3 Å². The summed E-state index contributed by atoms with van der Waals surface area (Å²) in [5.74, 6) is -0.412. The molecule has 0 heterocycles. The molecular weight excluding hydrogens is 520 g/mol. The first-order chi connectivity index (χ1) is 18.8. The lowest BCUT2D eigenvalue weighted by molar-refractivity contribution is -0.115. The van der Waals surface area contributed by atoms with Gasteiger partial charge in [-0.15, -0.1) is 0 Å². The van der Waals surface area contributed by atoms with Crippen LogP contribution in [0, 0.1) is 0 Å². The van der Waals surface area contributed by atoms with Crippen LogP contribution in [0.4, 0.5) is 32.3 Å². The molecule has 0 aliphatic heterocycles. The first-order valence-electron chi connectivity index (χ1n) is 12.3. The summed E-state index contributed by atoms with van der Waals surface area (Å²) >= 11 is 0. The number of nitrogens with zero attached hydrogens (tertiary/aromatic N) is 2. The second-order valence-corrected chi connectivity index (χ2v) is 9.52. The van der Waals surface area contributed by atoms with E-state index in [0.29, 0.717) is 22.7 Å². The molecule has 14 heteroatoms. The molecule has 0 saturated carbocycles. The topological polar surface area (TPSA) is 212 Å². The summed E-state index contributed by atoms with van der Waals surface area (Å²) in [6, 6.07) is 13.0. The minimum absolute atomic E-state index is 0.00562. The molecule has 0 radical (unpaired) electrons. The van der Waals surface area contributed by atoms with E-state index in [9.17, 15) is 19.2 Å². The van der Waals surface area contributed by atoms with Crippen molar-refractivity contribution in [2.75, 3.05) is 47.6 Å². The van der Waals surface area contributed by atoms with Gasteiger partial charge in [0.1, 0.15) is 24.3 Å². The molecule has 2 rings (SSSR count). The average Bonchev–Trinajstić information content (AvgIpc) is 2.91. The fourth-order valence-electron chi connectivity index (χ4n) is 2.93. The Morgan fingerprint density at radius 3 is 1.15 bits per heavy atom. The van der Waals surface area contributed by atoms with E-state index in [4.69, 9.17) is 20.9 Å². The van der Waals surface area contributed by atoms with Crippen molar-refractivity contribution in [1.29, 1.82) is 0 Å². The SMILES string of the molecule is CC(=O)Nc1ccc(NC(=O)OCC(C)(CN)N=NC(C)(CN)COC(=O)Nc2ccc(NC(C)=O)cc2)cc1. The van der Waals surface area contributed by atoms with Gasteiger partial charge >= 0.3 is 12.2 Å². The van der Waals surface area contributed by atoms with E-state index in [1.807, 2.05) is 0 Å². The molecule has 0 aliphatic rings. The number of benzene rings is 2. The highest BCUT2D eigenvalue weighted by Gasteiger charge is 2.29. The largest absolute Gasteiger partial charge is 0.447 e. The van der Waals surface area contributed by atoms with Crippen LogP contribution < -0.4 is 32.7 Å². The Balaban J connectivity index is 1.89. The summed E-state index contributed by atoms with van der Waals surface area (Å²) in [6.07, 6.45) is -1.46. The van der Waals surface area contributed by atoms with Crippen LogP contribution in [0.3, 0.4) is 0 Å². The number of ether oxygens (including phenoxy) is 2. The Kier molecular flexibility index (Phi) is 11.5. The second-order valence-electron chi connectivity index (χ2n) is 9.52. The number of nitrogens with two attached hydrogens (primary N) is 2. The molecule has 2 aromatic rings. The van der Waals surface area contributed by atoms with Crippen molar-refractivity contribution in [1.82, 2.24) is 0 Å². The van der Waals surface area contributed by atoms with Crippen LogP contribution in [0.15, 0.2) is 58.8 Å². The fraction of sp³-hybridized carbons (Fsp3) is 0.385. The van der Waals surface area contributed by atoms with Gasteiger partial charge in [-0.25, -0.2) is 9.59 Å². The van der Waals surface area contributed by atoms with E-state index in [0.717, 1.165) is 0 Å². The summed E-state index contributed by atoms with van der Waals surface area (Å²) in [7, 11) is 0. The highest BCUT2D eigenvalue weighted by Crippen LogP contribution is 2.19. The van der Waals surface area contributed by atoms with E-state index in [-0.39, 0.29) is 38.1 Å². The standard InChI is InChI=1S/C26H36N8O6/c1-17(35)29-19-5-9-21(10-6-19)31-23(37)39-15-25(3,13-27)33-34-26(4,14-28)16-40-24(38)32-22-11-7-20(8-12-22)30-18(2)36/h5-12H,13-16,27-28H2,1-4H3,(H,29,35)(H,30,36)(H,31,37)(H,32,38). The maximum atomic E-state index is 12.3. The van der Waals surface area contributed by atoms with Crippen LogP contribution in [0.25, 0.3) is 0 Å². The number of carbonyl (C=O) groups is 4. The lowest BCUT2D eigenvalue weighted by Gasteiger charge is -2.26. The molecule has 2 atom stereocenters. The summed E-state index contributed by atoms with van der Waals surface area (Å²) < 4.78 is 10.6. The maximum Gasteiger partial charge on any atom is 0.411 e. The Labute approximate surface area is 232 Å². The fourth-order valence-corrected chi connectivity index (χ4v) is 2.93. The summed E-state index contributed by atoms with van der Waals surface area (Å²) in [4.78, 5) is 46.8. The molecule has 14 nitrogen and oxygen atoms in total. The number of hydrogen-bond donors (Lipinski definition) is 6. The monoisotopic (exact) mass is 556 g/mol. The van der Waals surface area contributed by atoms with Gasteiger partial charge in [-0.1, -0.05) is 0 Å². The number of carbonyl (C=O) groups excluding carboxylic acids is 4. The van der Waals surface area contributed by atoms with Crippen LogP contribution in [0.2, 0.25) is 0 Å². The van der Waals surface area contributed by atoms with Gasteiger partial charge in [0, 0.05) is 49.7 Å². The number of azo groups is 1. The average molecular weight is 557 g/mol. The van der Waals surface area contributed by atoms with Crippen molar-refractivity contribution in [2.45, 2.75) is 38.8 Å². The van der Waals surface area contributed by atoms with Gasteiger partial charge in [0.2, 0.25) is 11.8 Å². The van der Waals surface area contributed by atoms with E-state index in [1.54, 1.807) is 62.4 Å². The third kappa shape index (κ3) is 11.0. The molecule has 4 amide bonds. The summed E-state index contributed by atoms with van der Waals surface area (Å²) in [5.41, 5.74) is 11.7. The zero-order valence-corrected chi connectivity index (χ0v) is 22.9. The lowest BCUT2D eigenvalue weighted by Crippen LogP contribution is -2.42. The Morgan fingerprint density at radius 2 is 0.900 bits per heavy atom. The third-order valence-corrected chi connectivity index (χ3v) is 5.34. The highest BCUT2D eigenvalue weighted by atomic mass is 16.6. The van der Waals surface area contributed by atoms with Crippen molar-refractivity contribution in [3.63, 3.8) is 0 Å². The van der Waals surface area contributed by atoms with Crippen molar-refractivity contribution in [3.8, 4) is 0 Å². The highest BCUT2D eigenvalue weighted by molar-refractivity contribution is 5.90. The summed E-state index contributed by atoms with van der Waals surface area (Å²) in [6.45, 7) is 5.75. The summed E-state index contributed by atoms with van der Waals surface area (Å²) in [5, 5.41) is 18.9. The smallest absolute Gasteiger partial charge is 0.411 e. The van der Waals surface area contributed by atoms with Crippen LogP contribution in [0.1, 0.15) is 27.7 Å². The molecule has 0 spiro atoms. The lowest BCUT2D eigenvalue weighted by atomic mass is 10.0. The molecule has 40 heavy (non-hydrogen) atoms. The minimum atomic E-state index is -1.07. The molecule has 8 N–H and O–H groups in total. The first-order valence-corrected chi connectivity index (χ1v) is 12.3. The zero-order valence-electron chi connectivity index (χ0n) is 22.9. The Hall–Kier alpha value is -4.56. The van der Waals surface area contributed by atoms with Gasteiger partial charge in [-0.2, -0.15) is 10.2 Å². The second kappa shape index (κ2) is 14.6. The van der Waals surface area contributed by atoms with E-state index in [1.165, 1.54) is 13.8 Å². The van der Waals surface area contributed by atoms with Crippen LogP contribution in [-0.4, -0.2) is 61.4 Å². The molecule has 0 fully saturated rings. The third-order valence-electron chi connectivity index (χ3n) is 5.34. The Morgan fingerprint density at radius 1 is 0.625 bits per heavy atom. The molecule has 2 unspecified atom stereocenters. The number of anilines is 4. The Bertz CT molecular complexity index is 1110. The van der Waals surface area contributed by atoms with Gasteiger partial charge in [-0.05, 0) is 62.4 Å². The molecule has 2 aromatic carbocycles. The van der Waals surface area contributed by atoms with E-state index >= 15 is 0 Å². The van der Waals surface area contributed by atoms with Gasteiger partial charge in [0.05, 0.1) is 0 Å². The van der Waals surface area contributed by atoms with Crippen molar-refractivity contribution in [2.24, 2.45) is 21.7 Å². The minimum Gasteiger partial charge on any atom is -0.447 e. The number of hydrogen-bond acceptors (Lipinski definition) is 10. The molecule has 0 aliphatic carbocycles. The van der Waals surface area contributed by atoms with Gasteiger partial charge in [0.15, 0.2) is 0 Å². The zero-order chi connectivity index (χ0) is 29.8. The normalized spacial score (nSPS) is 13.8. The number of rotatable bonds is 12. The maximum absolute atomic E-state index is 12.3. The van der Waals surface area contributed by atoms with Gasteiger partial charge < -0.3 is 31.6 Å². The predicted octanol–water partition coefficient (Wildman–Crippen LogP) is 3.29. The van der Waals surface area contributed by atoms with Crippen molar-refractivity contribution < 1.29 is 28.7 Å². The number of nitrogens with one attached hydrogen (secondary N) is 4. The molecule has 216 valence electrons. The van der Waals surface area contributed by atoms with Crippen molar-refractivity contribution in [3.05, 3.63) is 48.5 Å². The predicted molar refractivity (Wildman–Crippen MR) is 151 cm³/mol. The van der Waals surface area contributed by atoms with Crippen LogP contribution in [-0.2, 0) is 19.1 Å². The quantitative estimate of drug-likeness (QED) is 0.213. The molecule has 0 aromatic heterocycles. The van der Waals surface area contributed by atoms with Crippen LogP contribution >= 0.6 is 0 Å². The van der Waals surface area contributed by atoms with Crippen molar-refractivity contribution >= 4 is 46.8 Å². The van der Waals surface area contributed by atoms with Gasteiger partial charge in [0.25, 0.3) is 0 Å². The molecule has 0 bridgehead atoms.